The summed E-state index contributed by atoms with van der Waals surface area (Å²) >= 11 is 0. The Morgan fingerprint density at radius 2 is 1.16 bits per heavy atom. The summed E-state index contributed by atoms with van der Waals surface area (Å²) < 4.78 is 5.23. The molecule has 0 aliphatic rings. The number of phenols is 1. The number of aldehydes is 2. The number of carbonyl (C=O) groups excluding carboxylic acids is 3. The molecule has 0 spiro atoms. The van der Waals surface area contributed by atoms with Crippen LogP contribution in [0.1, 0.15) is 52.6 Å². The average molecular weight is 499 g/mol. The molecule has 2 N–H and O–H groups in total. The predicted molar refractivity (Wildman–Crippen MR) is 140 cm³/mol. The van der Waals surface area contributed by atoms with E-state index in [2.05, 4.69) is 0 Å². The molecule has 0 aliphatic carbocycles. The standard InChI is InChI=1S/C15H12O3.C8H6O3.C7H8O/c1-11-3-2-4-14(9-11)18-15(17)13-7-5-12(10-16)6-8-13;9-5-6-1-3-7(4-2-6)8(10)11;1-6-3-2-4-7(8)5-6/h2-10H,1H3;1-5H,(H,10,11);2-5,8H,1H3. The minimum atomic E-state index is -0.984. The predicted octanol–water partition coefficient (Wildman–Crippen LogP) is 5.92. The molecule has 0 unspecified atom stereocenters. The van der Waals surface area contributed by atoms with Crippen LogP contribution >= 0.6 is 0 Å². The summed E-state index contributed by atoms with van der Waals surface area (Å²) in [5.41, 5.74) is 3.73. The number of esters is 1. The molecule has 0 aliphatic heterocycles. The lowest BCUT2D eigenvalue weighted by Crippen LogP contribution is -2.08. The molecule has 0 saturated heterocycles. The van der Waals surface area contributed by atoms with Gasteiger partial charge in [-0.05, 0) is 73.5 Å². The Morgan fingerprint density at radius 3 is 1.57 bits per heavy atom. The molecule has 4 aromatic rings. The lowest BCUT2D eigenvalue weighted by Gasteiger charge is -2.05. The Hall–Kier alpha value is -5.04. The van der Waals surface area contributed by atoms with Crippen molar-refractivity contribution in [2.45, 2.75) is 13.8 Å². The number of carboxylic acids is 1. The molecule has 7 nitrogen and oxygen atoms in total. The monoisotopic (exact) mass is 498 g/mol. The van der Waals surface area contributed by atoms with Gasteiger partial charge in [-0.1, -0.05) is 48.5 Å². The maximum absolute atomic E-state index is 11.8. The lowest BCUT2D eigenvalue weighted by molar-refractivity contribution is 0.0694. The Balaban J connectivity index is 0.000000215. The van der Waals surface area contributed by atoms with Gasteiger partial charge in [0, 0.05) is 11.1 Å². The van der Waals surface area contributed by atoms with Crippen molar-refractivity contribution >= 4 is 24.5 Å². The van der Waals surface area contributed by atoms with Gasteiger partial charge in [-0.3, -0.25) is 9.59 Å². The fourth-order valence-electron chi connectivity index (χ4n) is 2.87. The number of phenolic OH excluding ortho intramolecular Hbond substituents is 1. The van der Waals surface area contributed by atoms with Gasteiger partial charge in [0.2, 0.25) is 0 Å². The summed E-state index contributed by atoms with van der Waals surface area (Å²) in [5, 5.41) is 17.3. The second-order valence-corrected chi connectivity index (χ2v) is 7.83. The van der Waals surface area contributed by atoms with Gasteiger partial charge in [0.05, 0.1) is 11.1 Å². The molecule has 7 heteroatoms. The first kappa shape index (κ1) is 28.2. The van der Waals surface area contributed by atoms with Crippen molar-refractivity contribution in [3.05, 3.63) is 130 Å². The number of hydrogen-bond donors (Lipinski definition) is 2. The Kier molecular flexibility index (Phi) is 11.0. The highest BCUT2D eigenvalue weighted by molar-refractivity contribution is 5.92. The van der Waals surface area contributed by atoms with E-state index in [0.29, 0.717) is 34.5 Å². The second-order valence-electron chi connectivity index (χ2n) is 7.83. The van der Waals surface area contributed by atoms with Crippen LogP contribution in [0.25, 0.3) is 0 Å². The van der Waals surface area contributed by atoms with Crippen LogP contribution in [-0.2, 0) is 0 Å². The number of benzene rings is 4. The highest BCUT2D eigenvalue weighted by Gasteiger charge is 2.08. The Labute approximate surface area is 214 Å². The Morgan fingerprint density at radius 1 is 0.676 bits per heavy atom. The third-order valence-electron chi connectivity index (χ3n) is 4.78. The molecule has 37 heavy (non-hydrogen) atoms. The fraction of sp³-hybridized carbons (Fsp3) is 0.0667. The van der Waals surface area contributed by atoms with Gasteiger partial charge in [0.25, 0.3) is 0 Å². The first-order chi connectivity index (χ1) is 17.7. The van der Waals surface area contributed by atoms with E-state index in [1.807, 2.05) is 38.1 Å². The summed E-state index contributed by atoms with van der Waals surface area (Å²) in [5.74, 6) is -0.565. The number of aromatic carboxylic acids is 1. The van der Waals surface area contributed by atoms with E-state index in [4.69, 9.17) is 14.9 Å². The number of rotatable bonds is 5. The second kappa shape index (κ2) is 14.4. The molecule has 4 aromatic carbocycles. The zero-order chi connectivity index (χ0) is 27.2. The summed E-state index contributed by atoms with van der Waals surface area (Å²) in [7, 11) is 0. The molecule has 0 atom stereocenters. The minimum Gasteiger partial charge on any atom is -0.508 e. The van der Waals surface area contributed by atoms with E-state index in [1.165, 1.54) is 24.3 Å². The molecular weight excluding hydrogens is 472 g/mol. The molecule has 0 aromatic heterocycles. The normalized spacial score (nSPS) is 9.46. The number of carbonyl (C=O) groups is 4. The van der Waals surface area contributed by atoms with Crippen LogP contribution in [-0.4, -0.2) is 34.7 Å². The SMILES string of the molecule is Cc1cccc(O)c1.Cc1cccc(OC(=O)c2ccc(C=O)cc2)c1.O=Cc1ccc(C(=O)O)cc1. The summed E-state index contributed by atoms with van der Waals surface area (Å²) in [6.07, 6.45) is 1.40. The van der Waals surface area contributed by atoms with Crippen LogP contribution in [0.5, 0.6) is 11.5 Å². The van der Waals surface area contributed by atoms with Crippen molar-refractivity contribution in [3.8, 4) is 11.5 Å². The molecule has 0 radical (unpaired) electrons. The van der Waals surface area contributed by atoms with Crippen LogP contribution in [0.3, 0.4) is 0 Å². The van der Waals surface area contributed by atoms with E-state index in [9.17, 15) is 19.2 Å². The molecule has 0 amide bonds. The van der Waals surface area contributed by atoms with E-state index in [1.54, 1.807) is 48.5 Å². The third kappa shape index (κ3) is 10.00. The van der Waals surface area contributed by atoms with Gasteiger partial charge in [-0.2, -0.15) is 0 Å². The van der Waals surface area contributed by atoms with Crippen molar-refractivity contribution in [3.63, 3.8) is 0 Å². The molecule has 0 heterocycles. The summed E-state index contributed by atoms with van der Waals surface area (Å²) in [6, 6.07) is 26.5. The zero-order valence-electron chi connectivity index (χ0n) is 20.3. The smallest absolute Gasteiger partial charge is 0.343 e. The van der Waals surface area contributed by atoms with E-state index in [0.717, 1.165) is 17.4 Å². The first-order valence-electron chi connectivity index (χ1n) is 11.1. The van der Waals surface area contributed by atoms with Gasteiger partial charge >= 0.3 is 11.9 Å². The van der Waals surface area contributed by atoms with Gasteiger partial charge in [0.15, 0.2) is 0 Å². The highest BCUT2D eigenvalue weighted by atomic mass is 16.5. The molecular formula is C30H26O7. The minimum absolute atomic E-state index is 0.190. The topological polar surface area (TPSA) is 118 Å². The van der Waals surface area contributed by atoms with Crippen LogP contribution in [0.4, 0.5) is 0 Å². The van der Waals surface area contributed by atoms with E-state index >= 15 is 0 Å². The van der Waals surface area contributed by atoms with Crippen molar-refractivity contribution < 1.29 is 34.1 Å². The van der Waals surface area contributed by atoms with Crippen LogP contribution in [0.2, 0.25) is 0 Å². The summed E-state index contributed by atoms with van der Waals surface area (Å²) in [6.45, 7) is 3.87. The van der Waals surface area contributed by atoms with Crippen LogP contribution in [0, 0.1) is 13.8 Å². The van der Waals surface area contributed by atoms with Crippen molar-refractivity contribution in [2.24, 2.45) is 0 Å². The first-order valence-corrected chi connectivity index (χ1v) is 11.1. The van der Waals surface area contributed by atoms with Gasteiger partial charge in [-0.15, -0.1) is 0 Å². The maximum Gasteiger partial charge on any atom is 0.343 e. The highest BCUT2D eigenvalue weighted by Crippen LogP contribution is 2.15. The van der Waals surface area contributed by atoms with Crippen molar-refractivity contribution in [1.29, 1.82) is 0 Å². The number of ether oxygens (including phenoxy) is 1. The lowest BCUT2D eigenvalue weighted by atomic mass is 10.1. The fourth-order valence-corrected chi connectivity index (χ4v) is 2.87. The van der Waals surface area contributed by atoms with E-state index < -0.39 is 11.9 Å². The molecule has 0 saturated carbocycles. The molecule has 0 fully saturated rings. The van der Waals surface area contributed by atoms with Gasteiger partial charge in [-0.25, -0.2) is 9.59 Å². The zero-order valence-corrected chi connectivity index (χ0v) is 20.3. The van der Waals surface area contributed by atoms with E-state index in [-0.39, 0.29) is 5.56 Å². The summed E-state index contributed by atoms with van der Waals surface area (Å²) in [4.78, 5) is 42.8. The van der Waals surface area contributed by atoms with Crippen molar-refractivity contribution in [2.75, 3.05) is 0 Å². The maximum atomic E-state index is 11.8. The van der Waals surface area contributed by atoms with Gasteiger partial charge in [0.1, 0.15) is 24.1 Å². The quantitative estimate of drug-likeness (QED) is 0.199. The number of hydrogen-bond acceptors (Lipinski definition) is 6. The molecule has 4 rings (SSSR count). The van der Waals surface area contributed by atoms with Crippen LogP contribution < -0.4 is 4.74 Å². The Bertz CT molecular complexity index is 1320. The van der Waals surface area contributed by atoms with Crippen molar-refractivity contribution in [1.82, 2.24) is 0 Å². The number of aryl methyl sites for hydroxylation is 2. The average Bonchev–Trinajstić information content (AvgIpc) is 2.89. The number of carboxylic acid groups (broad SMARTS) is 1. The largest absolute Gasteiger partial charge is 0.508 e. The third-order valence-corrected chi connectivity index (χ3v) is 4.78. The number of aromatic hydroxyl groups is 1. The van der Waals surface area contributed by atoms with Gasteiger partial charge < -0.3 is 14.9 Å². The van der Waals surface area contributed by atoms with Crippen LogP contribution in [0.15, 0.2) is 97.1 Å². The molecule has 0 bridgehead atoms. The molecule has 188 valence electrons.